The van der Waals surface area contributed by atoms with Gasteiger partial charge in [0.2, 0.25) is 5.91 Å². The fraction of sp³-hybridized carbons (Fsp3) is 0.929. The Kier molecular flexibility index (Phi) is 5.44. The van der Waals surface area contributed by atoms with E-state index in [-0.39, 0.29) is 12.0 Å². The first kappa shape index (κ1) is 14.5. The summed E-state index contributed by atoms with van der Waals surface area (Å²) in [5.74, 6) is 1.03. The number of carbonyl (C=O) groups excluding carboxylic acids is 1. The van der Waals surface area contributed by atoms with Crippen molar-refractivity contribution in [3.05, 3.63) is 0 Å². The first-order valence-corrected chi connectivity index (χ1v) is 7.03. The summed E-state index contributed by atoms with van der Waals surface area (Å²) < 4.78 is 0. The molecule has 0 aliphatic heterocycles. The van der Waals surface area contributed by atoms with Crippen LogP contribution in [0.3, 0.4) is 0 Å². The van der Waals surface area contributed by atoms with Crippen LogP contribution < -0.4 is 5.73 Å². The normalized spacial score (nSPS) is 29.4. The molecule has 0 heterocycles. The molecule has 3 atom stereocenters. The van der Waals surface area contributed by atoms with Crippen LogP contribution in [0.25, 0.3) is 0 Å². The average molecular weight is 240 g/mol. The third-order valence-electron chi connectivity index (χ3n) is 4.45. The van der Waals surface area contributed by atoms with E-state index in [0.717, 1.165) is 32.1 Å². The molecule has 3 unspecified atom stereocenters. The van der Waals surface area contributed by atoms with Crippen LogP contribution in [-0.4, -0.2) is 29.9 Å². The van der Waals surface area contributed by atoms with Crippen LogP contribution in [0.5, 0.6) is 0 Å². The first-order valence-electron chi connectivity index (χ1n) is 7.03. The first-order chi connectivity index (χ1) is 8.01. The molecule has 17 heavy (non-hydrogen) atoms. The largest absolute Gasteiger partial charge is 0.343 e. The molecule has 1 rings (SSSR count). The Labute approximate surface area is 106 Å². The predicted molar refractivity (Wildman–Crippen MR) is 71.6 cm³/mol. The van der Waals surface area contributed by atoms with E-state index in [4.69, 9.17) is 5.73 Å². The number of hydrogen-bond acceptors (Lipinski definition) is 2. The maximum absolute atomic E-state index is 12.4. The van der Waals surface area contributed by atoms with E-state index in [0.29, 0.717) is 17.9 Å². The van der Waals surface area contributed by atoms with Crippen molar-refractivity contribution in [3.63, 3.8) is 0 Å². The summed E-state index contributed by atoms with van der Waals surface area (Å²) in [5, 5.41) is 0. The van der Waals surface area contributed by atoms with Crippen LogP contribution in [0.15, 0.2) is 0 Å². The highest BCUT2D eigenvalue weighted by atomic mass is 16.2. The second kappa shape index (κ2) is 6.39. The lowest BCUT2D eigenvalue weighted by Gasteiger charge is -2.35. The van der Waals surface area contributed by atoms with Crippen molar-refractivity contribution in [3.8, 4) is 0 Å². The van der Waals surface area contributed by atoms with Gasteiger partial charge in [0.05, 0.1) is 0 Å². The molecule has 0 spiro atoms. The molecule has 0 bridgehead atoms. The Bertz CT molecular complexity index is 251. The highest BCUT2D eigenvalue weighted by Crippen LogP contribution is 2.29. The van der Waals surface area contributed by atoms with Crippen molar-refractivity contribution >= 4 is 5.91 Å². The summed E-state index contributed by atoms with van der Waals surface area (Å²) in [6.07, 6.45) is 5.04. The maximum Gasteiger partial charge on any atom is 0.225 e. The summed E-state index contributed by atoms with van der Waals surface area (Å²) in [6.45, 7) is 6.48. The fourth-order valence-corrected chi connectivity index (χ4v) is 2.89. The van der Waals surface area contributed by atoms with Crippen LogP contribution in [-0.2, 0) is 4.79 Å². The third kappa shape index (κ3) is 3.44. The lowest BCUT2D eigenvalue weighted by atomic mass is 9.79. The minimum atomic E-state index is 0.159. The molecule has 0 aromatic rings. The van der Waals surface area contributed by atoms with E-state index < -0.39 is 0 Å². The summed E-state index contributed by atoms with van der Waals surface area (Å²) >= 11 is 0. The van der Waals surface area contributed by atoms with Gasteiger partial charge in [-0.2, -0.15) is 0 Å². The zero-order chi connectivity index (χ0) is 13.0. The average Bonchev–Trinajstić information content (AvgIpc) is 2.33. The van der Waals surface area contributed by atoms with E-state index in [1.807, 2.05) is 11.9 Å². The number of amides is 1. The molecule has 3 nitrogen and oxygen atoms in total. The highest BCUT2D eigenvalue weighted by Gasteiger charge is 2.32. The minimum Gasteiger partial charge on any atom is -0.343 e. The van der Waals surface area contributed by atoms with Gasteiger partial charge in [-0.1, -0.05) is 20.8 Å². The number of nitrogens with zero attached hydrogens (tertiary/aromatic N) is 1. The monoisotopic (exact) mass is 240 g/mol. The lowest BCUT2D eigenvalue weighted by Crippen LogP contribution is -2.45. The molecule has 0 aromatic carbocycles. The molecule has 1 fully saturated rings. The Morgan fingerprint density at radius 2 is 1.94 bits per heavy atom. The van der Waals surface area contributed by atoms with E-state index in [1.54, 1.807) is 0 Å². The second-order valence-electron chi connectivity index (χ2n) is 5.57. The molecule has 100 valence electrons. The Balaban J connectivity index is 2.58. The molecule has 1 amide bonds. The van der Waals surface area contributed by atoms with E-state index >= 15 is 0 Å². The van der Waals surface area contributed by atoms with Gasteiger partial charge in [-0.15, -0.1) is 0 Å². The second-order valence-corrected chi connectivity index (χ2v) is 5.57. The molecule has 0 saturated heterocycles. The third-order valence-corrected chi connectivity index (χ3v) is 4.45. The molecule has 0 aromatic heterocycles. The van der Waals surface area contributed by atoms with Crippen LogP contribution in [0, 0.1) is 11.8 Å². The topological polar surface area (TPSA) is 46.3 Å². The zero-order valence-corrected chi connectivity index (χ0v) is 11.8. The number of nitrogens with two attached hydrogens (primary N) is 1. The van der Waals surface area contributed by atoms with Gasteiger partial charge in [0, 0.05) is 25.0 Å². The summed E-state index contributed by atoms with van der Waals surface area (Å²) in [5.41, 5.74) is 6.08. The quantitative estimate of drug-likeness (QED) is 0.820. The molecular formula is C14H28N2O. The summed E-state index contributed by atoms with van der Waals surface area (Å²) in [4.78, 5) is 14.3. The molecule has 2 N–H and O–H groups in total. The van der Waals surface area contributed by atoms with Crippen LogP contribution >= 0.6 is 0 Å². The van der Waals surface area contributed by atoms with Crippen molar-refractivity contribution in [2.24, 2.45) is 17.6 Å². The van der Waals surface area contributed by atoms with Gasteiger partial charge in [0.1, 0.15) is 0 Å². The standard InChI is InChI=1S/C14H28N2O/c1-5-12(6-2)16(4)14(17)11-8-7-10(3)13(15)9-11/h10-13H,5-9,15H2,1-4H3. The Hall–Kier alpha value is -0.570. The smallest absolute Gasteiger partial charge is 0.225 e. The lowest BCUT2D eigenvalue weighted by molar-refractivity contribution is -0.138. The minimum absolute atomic E-state index is 0.159. The van der Waals surface area contributed by atoms with E-state index in [1.165, 1.54) is 0 Å². The Morgan fingerprint density at radius 1 is 1.35 bits per heavy atom. The maximum atomic E-state index is 12.4. The van der Waals surface area contributed by atoms with Gasteiger partial charge < -0.3 is 10.6 Å². The fourth-order valence-electron chi connectivity index (χ4n) is 2.89. The van der Waals surface area contributed by atoms with Crippen LogP contribution in [0.2, 0.25) is 0 Å². The van der Waals surface area contributed by atoms with Crippen molar-refractivity contribution in [2.45, 2.75) is 65.0 Å². The van der Waals surface area contributed by atoms with Gasteiger partial charge in [-0.3, -0.25) is 4.79 Å². The van der Waals surface area contributed by atoms with Crippen molar-refractivity contribution in [1.29, 1.82) is 0 Å². The highest BCUT2D eigenvalue weighted by molar-refractivity contribution is 5.79. The van der Waals surface area contributed by atoms with Crippen LogP contribution in [0.4, 0.5) is 0 Å². The summed E-state index contributed by atoms with van der Waals surface area (Å²) in [6, 6.07) is 0.589. The van der Waals surface area contributed by atoms with Crippen molar-refractivity contribution < 1.29 is 4.79 Å². The number of rotatable bonds is 4. The molecule has 1 aliphatic rings. The predicted octanol–water partition coefficient (Wildman–Crippen LogP) is 2.40. The van der Waals surface area contributed by atoms with Gasteiger partial charge in [-0.25, -0.2) is 0 Å². The SMILES string of the molecule is CCC(CC)N(C)C(=O)C1CCC(C)C(N)C1. The Morgan fingerprint density at radius 3 is 2.41 bits per heavy atom. The molecular weight excluding hydrogens is 212 g/mol. The van der Waals surface area contributed by atoms with Gasteiger partial charge in [0.25, 0.3) is 0 Å². The van der Waals surface area contributed by atoms with Crippen LogP contribution in [0.1, 0.15) is 52.9 Å². The van der Waals surface area contributed by atoms with E-state index in [9.17, 15) is 4.79 Å². The molecule has 0 radical (unpaired) electrons. The summed E-state index contributed by atoms with van der Waals surface area (Å²) in [7, 11) is 1.95. The zero-order valence-electron chi connectivity index (χ0n) is 11.8. The molecule has 3 heteroatoms. The van der Waals surface area contributed by atoms with Gasteiger partial charge in [0.15, 0.2) is 0 Å². The van der Waals surface area contributed by atoms with Crippen molar-refractivity contribution in [1.82, 2.24) is 4.90 Å². The number of hydrogen-bond donors (Lipinski definition) is 1. The van der Waals surface area contributed by atoms with Crippen molar-refractivity contribution in [2.75, 3.05) is 7.05 Å². The van der Waals surface area contributed by atoms with E-state index in [2.05, 4.69) is 20.8 Å². The van der Waals surface area contributed by atoms with Gasteiger partial charge in [-0.05, 0) is 38.0 Å². The molecule has 1 aliphatic carbocycles. The van der Waals surface area contributed by atoms with Gasteiger partial charge >= 0.3 is 0 Å². The molecule has 1 saturated carbocycles. The number of carbonyl (C=O) groups is 1.